The summed E-state index contributed by atoms with van der Waals surface area (Å²) in [6, 6.07) is 12.8. The minimum absolute atomic E-state index is 0.126. The van der Waals surface area contributed by atoms with Crippen LogP contribution in [0.4, 0.5) is 0 Å². The molecule has 0 spiro atoms. The molecule has 1 saturated carbocycles. The average molecular weight is 457 g/mol. The van der Waals surface area contributed by atoms with Crippen LogP contribution in [0.1, 0.15) is 55.7 Å². The van der Waals surface area contributed by atoms with Gasteiger partial charge in [-0.3, -0.25) is 9.59 Å². The smallest absolute Gasteiger partial charge is 0.261 e. The molecule has 1 fully saturated rings. The molecule has 2 amide bonds. The summed E-state index contributed by atoms with van der Waals surface area (Å²) in [7, 11) is 0. The average Bonchev–Trinajstić information content (AvgIpc) is 2.75. The molecule has 0 unspecified atom stereocenters. The highest BCUT2D eigenvalue weighted by molar-refractivity contribution is 6.30. The summed E-state index contributed by atoms with van der Waals surface area (Å²) in [6.07, 6.45) is 5.48. The summed E-state index contributed by atoms with van der Waals surface area (Å²) in [5.41, 5.74) is 3.02. The first-order chi connectivity index (χ1) is 15.3. The lowest BCUT2D eigenvalue weighted by atomic mass is 9.95. The van der Waals surface area contributed by atoms with Crippen LogP contribution in [0.3, 0.4) is 0 Å². The van der Waals surface area contributed by atoms with E-state index in [-0.39, 0.29) is 31.0 Å². The Kier molecular flexibility index (Phi) is 8.57. The molecule has 1 aliphatic carbocycles. The van der Waals surface area contributed by atoms with Crippen LogP contribution in [0, 0.1) is 13.8 Å². The number of amides is 2. The molecule has 0 aromatic heterocycles. The third kappa shape index (κ3) is 6.99. The molecule has 1 aliphatic rings. The summed E-state index contributed by atoms with van der Waals surface area (Å²) in [6.45, 7) is 5.91. The third-order valence-electron chi connectivity index (χ3n) is 5.92. The molecule has 1 N–H and O–H groups in total. The van der Waals surface area contributed by atoms with E-state index in [9.17, 15) is 9.59 Å². The zero-order chi connectivity index (χ0) is 23.1. The van der Waals surface area contributed by atoms with Crippen molar-refractivity contribution in [3.05, 3.63) is 64.2 Å². The highest BCUT2D eigenvalue weighted by Gasteiger charge is 2.28. The van der Waals surface area contributed by atoms with Gasteiger partial charge < -0.3 is 15.0 Å². The maximum absolute atomic E-state index is 13.2. The molecular weight excluding hydrogens is 424 g/mol. The topological polar surface area (TPSA) is 58.6 Å². The van der Waals surface area contributed by atoms with Crippen molar-refractivity contribution in [2.45, 2.75) is 71.5 Å². The van der Waals surface area contributed by atoms with Gasteiger partial charge in [0.25, 0.3) is 5.91 Å². The number of hydrogen-bond acceptors (Lipinski definition) is 3. The van der Waals surface area contributed by atoms with E-state index in [1.807, 2.05) is 44.2 Å². The zero-order valence-electron chi connectivity index (χ0n) is 19.2. The van der Waals surface area contributed by atoms with Gasteiger partial charge in [-0.25, -0.2) is 0 Å². The number of carbonyl (C=O) groups is 2. The van der Waals surface area contributed by atoms with E-state index in [1.54, 1.807) is 17.9 Å². The van der Waals surface area contributed by atoms with Crippen LogP contribution >= 0.6 is 11.6 Å². The van der Waals surface area contributed by atoms with Gasteiger partial charge in [0.1, 0.15) is 11.8 Å². The van der Waals surface area contributed by atoms with Gasteiger partial charge in [-0.05, 0) is 74.6 Å². The van der Waals surface area contributed by atoms with Crippen molar-refractivity contribution in [3.63, 3.8) is 0 Å². The van der Waals surface area contributed by atoms with Crippen LogP contribution in [0.25, 0.3) is 0 Å². The van der Waals surface area contributed by atoms with E-state index in [0.29, 0.717) is 10.8 Å². The number of nitrogens with zero attached hydrogens (tertiary/aromatic N) is 1. The second kappa shape index (κ2) is 11.4. The predicted molar refractivity (Wildman–Crippen MR) is 128 cm³/mol. The summed E-state index contributed by atoms with van der Waals surface area (Å²) in [4.78, 5) is 27.8. The fraction of sp³-hybridized carbons (Fsp3) is 0.462. The standard InChI is InChI=1S/C26H33ClN2O3/c1-18-12-19(2)14-24(13-18)32-17-25(30)29(16-21-8-7-9-22(27)15-21)20(3)26(31)28-23-10-5-4-6-11-23/h7-9,12-15,20,23H,4-6,10-11,16-17H2,1-3H3,(H,28,31)/t20-/m0/s1. The number of nitrogens with one attached hydrogen (secondary N) is 1. The van der Waals surface area contributed by atoms with E-state index in [4.69, 9.17) is 16.3 Å². The molecule has 0 radical (unpaired) electrons. The van der Waals surface area contributed by atoms with Gasteiger partial charge in [0.15, 0.2) is 6.61 Å². The van der Waals surface area contributed by atoms with Crippen LogP contribution in [0.15, 0.2) is 42.5 Å². The van der Waals surface area contributed by atoms with E-state index in [2.05, 4.69) is 11.4 Å². The fourth-order valence-electron chi connectivity index (χ4n) is 4.23. The SMILES string of the molecule is Cc1cc(C)cc(OCC(=O)N(Cc2cccc(Cl)c2)[C@@H](C)C(=O)NC2CCCCC2)c1. The van der Waals surface area contributed by atoms with Gasteiger partial charge in [0, 0.05) is 17.6 Å². The third-order valence-corrected chi connectivity index (χ3v) is 6.15. The van der Waals surface area contributed by atoms with Gasteiger partial charge >= 0.3 is 0 Å². The van der Waals surface area contributed by atoms with Gasteiger partial charge in [0.2, 0.25) is 5.91 Å². The molecule has 0 heterocycles. The first kappa shape index (κ1) is 24.1. The maximum atomic E-state index is 13.2. The first-order valence-corrected chi connectivity index (χ1v) is 11.7. The minimum Gasteiger partial charge on any atom is -0.484 e. The van der Waals surface area contributed by atoms with Crippen LogP contribution < -0.4 is 10.1 Å². The maximum Gasteiger partial charge on any atom is 0.261 e. The van der Waals surface area contributed by atoms with Gasteiger partial charge in [-0.15, -0.1) is 0 Å². The van der Waals surface area contributed by atoms with Crippen molar-refractivity contribution in [1.29, 1.82) is 0 Å². The lowest BCUT2D eigenvalue weighted by Crippen LogP contribution is -2.51. The number of halogens is 1. The molecule has 5 nitrogen and oxygen atoms in total. The first-order valence-electron chi connectivity index (χ1n) is 11.4. The summed E-state index contributed by atoms with van der Waals surface area (Å²) in [5.74, 6) is 0.284. The Hall–Kier alpha value is -2.53. The predicted octanol–water partition coefficient (Wildman–Crippen LogP) is 5.20. The van der Waals surface area contributed by atoms with Crippen LogP contribution in [0.5, 0.6) is 5.75 Å². The Morgan fingerprint density at radius 3 is 2.44 bits per heavy atom. The number of hydrogen-bond donors (Lipinski definition) is 1. The molecule has 6 heteroatoms. The van der Waals surface area contributed by atoms with Crippen molar-refractivity contribution >= 4 is 23.4 Å². The second-order valence-corrected chi connectivity index (χ2v) is 9.22. The van der Waals surface area contributed by atoms with Gasteiger partial charge in [-0.2, -0.15) is 0 Å². The van der Waals surface area contributed by atoms with Crippen molar-refractivity contribution in [1.82, 2.24) is 10.2 Å². The number of aryl methyl sites for hydroxylation is 2. The Bertz CT molecular complexity index is 920. The van der Waals surface area contributed by atoms with Crippen LogP contribution in [0.2, 0.25) is 5.02 Å². The van der Waals surface area contributed by atoms with Gasteiger partial charge in [0.05, 0.1) is 0 Å². The molecule has 1 atom stereocenters. The van der Waals surface area contributed by atoms with Crippen molar-refractivity contribution in [2.24, 2.45) is 0 Å². The fourth-order valence-corrected chi connectivity index (χ4v) is 4.44. The van der Waals surface area contributed by atoms with Crippen molar-refractivity contribution < 1.29 is 14.3 Å². The Morgan fingerprint density at radius 1 is 1.09 bits per heavy atom. The number of benzene rings is 2. The molecule has 0 saturated heterocycles. The normalized spacial score (nSPS) is 15.1. The molecule has 0 aliphatic heterocycles. The van der Waals surface area contributed by atoms with E-state index < -0.39 is 6.04 Å². The molecule has 3 rings (SSSR count). The van der Waals surface area contributed by atoms with Crippen molar-refractivity contribution in [2.75, 3.05) is 6.61 Å². The highest BCUT2D eigenvalue weighted by Crippen LogP contribution is 2.20. The van der Waals surface area contributed by atoms with Crippen LogP contribution in [-0.2, 0) is 16.1 Å². The number of carbonyl (C=O) groups excluding carboxylic acids is 2. The number of ether oxygens (including phenoxy) is 1. The van der Waals surface area contributed by atoms with E-state index in [1.165, 1.54) is 6.42 Å². The molecule has 2 aromatic rings. The highest BCUT2D eigenvalue weighted by atomic mass is 35.5. The number of rotatable bonds is 8. The van der Waals surface area contributed by atoms with Gasteiger partial charge in [-0.1, -0.05) is 49.1 Å². The summed E-state index contributed by atoms with van der Waals surface area (Å²) < 4.78 is 5.80. The molecule has 32 heavy (non-hydrogen) atoms. The minimum atomic E-state index is -0.619. The van der Waals surface area contributed by atoms with Crippen LogP contribution in [-0.4, -0.2) is 35.4 Å². The van der Waals surface area contributed by atoms with E-state index >= 15 is 0 Å². The summed E-state index contributed by atoms with van der Waals surface area (Å²) >= 11 is 6.14. The Morgan fingerprint density at radius 2 is 1.78 bits per heavy atom. The lowest BCUT2D eigenvalue weighted by molar-refractivity contribution is -0.142. The Balaban J connectivity index is 1.72. The second-order valence-electron chi connectivity index (χ2n) is 8.78. The largest absolute Gasteiger partial charge is 0.484 e. The quantitative estimate of drug-likeness (QED) is 0.593. The van der Waals surface area contributed by atoms with Crippen molar-refractivity contribution in [3.8, 4) is 5.75 Å². The zero-order valence-corrected chi connectivity index (χ0v) is 20.0. The summed E-state index contributed by atoms with van der Waals surface area (Å²) in [5, 5.41) is 3.74. The molecular formula is C26H33ClN2O3. The molecule has 172 valence electrons. The lowest BCUT2D eigenvalue weighted by Gasteiger charge is -2.31. The Labute approximate surface area is 196 Å². The van der Waals surface area contributed by atoms with E-state index in [0.717, 1.165) is 42.4 Å². The molecule has 2 aromatic carbocycles. The molecule has 0 bridgehead atoms. The monoisotopic (exact) mass is 456 g/mol.